The average molecular weight is 349 g/mol. The second-order valence-electron chi connectivity index (χ2n) is 7.92. The molecule has 0 N–H and O–H groups in total. The van der Waals surface area contributed by atoms with Gasteiger partial charge in [-0.1, -0.05) is 12.5 Å². The fourth-order valence-electron chi connectivity index (χ4n) is 4.67. The van der Waals surface area contributed by atoms with Crippen LogP contribution in [0.1, 0.15) is 36.5 Å². The van der Waals surface area contributed by atoms with Crippen molar-refractivity contribution in [3.63, 3.8) is 0 Å². The van der Waals surface area contributed by atoms with E-state index in [1.807, 2.05) is 11.7 Å². The SMILES string of the molecule is Cc1nn(C)c(C)c1-c1ccc2c(c1)nc1n2CCN(C2CCC2)CC1. The highest BCUT2D eigenvalue weighted by atomic mass is 15.3. The first kappa shape index (κ1) is 16.1. The molecule has 2 aromatic heterocycles. The van der Waals surface area contributed by atoms with Crippen LogP contribution in [0.3, 0.4) is 0 Å². The summed E-state index contributed by atoms with van der Waals surface area (Å²) < 4.78 is 4.41. The van der Waals surface area contributed by atoms with Crippen molar-refractivity contribution in [3.05, 3.63) is 35.4 Å². The molecule has 5 nitrogen and oxygen atoms in total. The Hall–Kier alpha value is -2.14. The number of aryl methyl sites for hydroxylation is 2. The first-order chi connectivity index (χ1) is 12.6. The second-order valence-corrected chi connectivity index (χ2v) is 7.92. The average Bonchev–Trinajstić information content (AvgIpc) is 2.95. The molecule has 1 saturated carbocycles. The minimum atomic E-state index is 0.828. The van der Waals surface area contributed by atoms with Crippen molar-refractivity contribution in [1.82, 2.24) is 24.2 Å². The maximum absolute atomic E-state index is 5.01. The van der Waals surface area contributed by atoms with Gasteiger partial charge in [-0.2, -0.15) is 5.10 Å². The predicted molar refractivity (Wildman–Crippen MR) is 104 cm³/mol. The van der Waals surface area contributed by atoms with Gasteiger partial charge in [-0.3, -0.25) is 9.58 Å². The molecule has 0 radical (unpaired) electrons. The van der Waals surface area contributed by atoms with E-state index >= 15 is 0 Å². The minimum Gasteiger partial charge on any atom is -0.327 e. The zero-order valence-electron chi connectivity index (χ0n) is 16.0. The van der Waals surface area contributed by atoms with Crippen molar-refractivity contribution in [2.45, 2.75) is 52.1 Å². The Morgan fingerprint density at radius 2 is 1.92 bits per heavy atom. The topological polar surface area (TPSA) is 38.9 Å². The van der Waals surface area contributed by atoms with E-state index in [4.69, 9.17) is 4.98 Å². The largest absolute Gasteiger partial charge is 0.327 e. The highest BCUT2D eigenvalue weighted by molar-refractivity contribution is 5.83. The first-order valence-electron chi connectivity index (χ1n) is 9.85. The van der Waals surface area contributed by atoms with E-state index < -0.39 is 0 Å². The Balaban J connectivity index is 1.50. The Morgan fingerprint density at radius 3 is 2.62 bits per heavy atom. The van der Waals surface area contributed by atoms with Gasteiger partial charge in [0.05, 0.1) is 16.7 Å². The molecule has 3 heterocycles. The molecule has 0 spiro atoms. The molecule has 0 saturated heterocycles. The Labute approximate surface area is 154 Å². The number of nitrogens with zero attached hydrogens (tertiary/aromatic N) is 5. The van der Waals surface area contributed by atoms with Crippen LogP contribution in [0.15, 0.2) is 18.2 Å². The Kier molecular flexibility index (Phi) is 3.67. The molecule has 5 rings (SSSR count). The van der Waals surface area contributed by atoms with Gasteiger partial charge in [0.2, 0.25) is 0 Å². The zero-order chi connectivity index (χ0) is 17.8. The number of rotatable bonds is 2. The summed E-state index contributed by atoms with van der Waals surface area (Å²) >= 11 is 0. The number of hydrogen-bond acceptors (Lipinski definition) is 3. The predicted octanol–water partition coefficient (Wildman–Crippen LogP) is 3.46. The van der Waals surface area contributed by atoms with Crippen molar-refractivity contribution in [2.24, 2.45) is 7.05 Å². The van der Waals surface area contributed by atoms with Crippen LogP contribution in [-0.4, -0.2) is 43.4 Å². The van der Waals surface area contributed by atoms with Gasteiger partial charge in [-0.15, -0.1) is 0 Å². The van der Waals surface area contributed by atoms with Crippen LogP contribution >= 0.6 is 0 Å². The Morgan fingerprint density at radius 1 is 1.08 bits per heavy atom. The van der Waals surface area contributed by atoms with E-state index in [9.17, 15) is 0 Å². The van der Waals surface area contributed by atoms with Crippen molar-refractivity contribution in [2.75, 3.05) is 13.1 Å². The van der Waals surface area contributed by atoms with Crippen LogP contribution in [0.25, 0.3) is 22.2 Å². The van der Waals surface area contributed by atoms with Gasteiger partial charge >= 0.3 is 0 Å². The van der Waals surface area contributed by atoms with Gasteiger partial charge in [-0.25, -0.2) is 4.98 Å². The van der Waals surface area contributed by atoms with Gasteiger partial charge in [0.1, 0.15) is 5.82 Å². The lowest BCUT2D eigenvalue weighted by atomic mass is 9.91. The van der Waals surface area contributed by atoms with E-state index in [1.54, 1.807) is 0 Å². The van der Waals surface area contributed by atoms with Crippen LogP contribution in [0.2, 0.25) is 0 Å². The van der Waals surface area contributed by atoms with Crippen molar-refractivity contribution in [1.29, 1.82) is 0 Å². The maximum Gasteiger partial charge on any atom is 0.111 e. The number of aromatic nitrogens is 4. The molecule has 2 aliphatic rings. The molecule has 3 aromatic rings. The summed E-state index contributed by atoms with van der Waals surface area (Å²) in [6, 6.07) is 7.57. The van der Waals surface area contributed by atoms with Crippen LogP contribution in [-0.2, 0) is 20.0 Å². The van der Waals surface area contributed by atoms with E-state index in [2.05, 4.69) is 46.6 Å². The molecule has 0 unspecified atom stereocenters. The molecular weight excluding hydrogens is 322 g/mol. The summed E-state index contributed by atoms with van der Waals surface area (Å²) in [6.45, 7) is 7.60. The summed E-state index contributed by atoms with van der Waals surface area (Å²) in [5.74, 6) is 1.25. The summed E-state index contributed by atoms with van der Waals surface area (Å²) in [7, 11) is 2.01. The van der Waals surface area contributed by atoms with Gasteiger partial charge in [0.25, 0.3) is 0 Å². The van der Waals surface area contributed by atoms with Gasteiger partial charge in [-0.05, 0) is 44.4 Å². The van der Waals surface area contributed by atoms with Crippen LogP contribution in [0.4, 0.5) is 0 Å². The normalized spacial score (nSPS) is 18.7. The molecule has 0 amide bonds. The smallest absolute Gasteiger partial charge is 0.111 e. The van der Waals surface area contributed by atoms with E-state index in [0.29, 0.717) is 0 Å². The first-order valence-corrected chi connectivity index (χ1v) is 9.85. The Bertz CT molecular complexity index is 976. The third-order valence-electron chi connectivity index (χ3n) is 6.45. The summed E-state index contributed by atoms with van der Waals surface area (Å²) in [5.41, 5.74) is 7.16. The standard InChI is InChI=1S/C21H27N5/c1-14-21(15(2)24(3)23-14)16-7-8-19-18(13-16)22-20-9-10-25(11-12-26(19)20)17-5-4-6-17/h7-8,13,17H,4-6,9-12H2,1-3H3. The summed E-state index contributed by atoms with van der Waals surface area (Å²) in [4.78, 5) is 7.69. The lowest BCUT2D eigenvalue weighted by molar-refractivity contribution is 0.130. The van der Waals surface area contributed by atoms with Crippen LogP contribution in [0, 0.1) is 13.8 Å². The molecule has 5 heteroatoms. The fraction of sp³-hybridized carbons (Fsp3) is 0.524. The zero-order valence-corrected chi connectivity index (χ0v) is 16.0. The second kappa shape index (κ2) is 5.95. The lowest BCUT2D eigenvalue weighted by Crippen LogP contribution is -2.41. The molecule has 1 aromatic carbocycles. The van der Waals surface area contributed by atoms with E-state index in [0.717, 1.165) is 43.3 Å². The molecule has 26 heavy (non-hydrogen) atoms. The lowest BCUT2D eigenvalue weighted by Gasteiger charge is -2.36. The van der Waals surface area contributed by atoms with Gasteiger partial charge < -0.3 is 4.57 Å². The van der Waals surface area contributed by atoms with E-state index in [1.165, 1.54) is 47.4 Å². The minimum absolute atomic E-state index is 0.828. The third kappa shape index (κ3) is 2.41. The number of hydrogen-bond donors (Lipinski definition) is 0. The van der Waals surface area contributed by atoms with E-state index in [-0.39, 0.29) is 0 Å². The summed E-state index contributed by atoms with van der Waals surface area (Å²) in [5, 5.41) is 4.57. The highest BCUT2D eigenvalue weighted by Gasteiger charge is 2.27. The van der Waals surface area contributed by atoms with Crippen molar-refractivity contribution in [3.8, 4) is 11.1 Å². The maximum atomic E-state index is 5.01. The van der Waals surface area contributed by atoms with Crippen molar-refractivity contribution >= 4 is 11.0 Å². The number of fused-ring (bicyclic) bond motifs is 3. The molecule has 1 aliphatic carbocycles. The van der Waals surface area contributed by atoms with Gasteiger partial charge in [0, 0.05) is 50.4 Å². The molecule has 1 fully saturated rings. The fourth-order valence-corrected chi connectivity index (χ4v) is 4.67. The van der Waals surface area contributed by atoms with Gasteiger partial charge in [0.15, 0.2) is 0 Å². The molecular formula is C21H27N5. The summed E-state index contributed by atoms with van der Waals surface area (Å²) in [6.07, 6.45) is 5.24. The third-order valence-corrected chi connectivity index (χ3v) is 6.45. The van der Waals surface area contributed by atoms with Crippen molar-refractivity contribution < 1.29 is 0 Å². The van der Waals surface area contributed by atoms with Crippen LogP contribution < -0.4 is 0 Å². The molecule has 0 atom stereocenters. The quantitative estimate of drug-likeness (QED) is 0.711. The highest BCUT2D eigenvalue weighted by Crippen LogP contribution is 2.31. The molecule has 136 valence electrons. The molecule has 0 bridgehead atoms. The molecule has 1 aliphatic heterocycles. The monoisotopic (exact) mass is 349 g/mol. The van der Waals surface area contributed by atoms with Crippen LogP contribution in [0.5, 0.6) is 0 Å². The number of benzene rings is 1. The number of imidazole rings is 1.